The summed E-state index contributed by atoms with van der Waals surface area (Å²) >= 11 is 8.73. The molecule has 124 valence electrons. The van der Waals surface area contributed by atoms with E-state index in [0.717, 1.165) is 15.3 Å². The van der Waals surface area contributed by atoms with Crippen LogP contribution in [0.25, 0.3) is 6.08 Å². The molecule has 3 rings (SSSR count). The Morgan fingerprint density at radius 2 is 2.12 bits per heavy atom. The van der Waals surface area contributed by atoms with Crippen LogP contribution in [0.1, 0.15) is 15.3 Å². The normalized spacial score (nSPS) is 11.1. The zero-order valence-electron chi connectivity index (χ0n) is 12.9. The predicted molar refractivity (Wildman–Crippen MR) is 103 cm³/mol. The van der Waals surface area contributed by atoms with Gasteiger partial charge in [-0.3, -0.25) is 10.1 Å². The van der Waals surface area contributed by atoms with Crippen LogP contribution >= 0.6 is 34.3 Å². The number of nitrogens with one attached hydrogen (secondary N) is 1. The number of aromatic nitrogens is 1. The van der Waals surface area contributed by atoms with Crippen molar-refractivity contribution in [3.63, 3.8) is 0 Å². The van der Waals surface area contributed by atoms with Crippen molar-refractivity contribution in [1.82, 2.24) is 4.98 Å². The molecule has 0 bridgehead atoms. The van der Waals surface area contributed by atoms with Gasteiger partial charge in [0.2, 0.25) is 0 Å². The lowest BCUT2D eigenvalue weighted by molar-refractivity contribution is -0.112. The summed E-state index contributed by atoms with van der Waals surface area (Å²) in [6.45, 7) is 0. The molecule has 0 saturated carbocycles. The molecule has 0 aliphatic carbocycles. The van der Waals surface area contributed by atoms with Crippen molar-refractivity contribution < 1.29 is 4.79 Å². The van der Waals surface area contributed by atoms with E-state index in [0.29, 0.717) is 16.6 Å². The molecule has 0 fully saturated rings. The number of benzene rings is 1. The van der Waals surface area contributed by atoms with E-state index in [1.54, 1.807) is 12.3 Å². The average Bonchev–Trinajstić information content (AvgIpc) is 3.26. The number of anilines is 1. The third-order valence-electron chi connectivity index (χ3n) is 3.26. The standard InChI is InChI=1S/C18H12ClN3OS2/c19-14-5-3-12(4-6-14)8-16-11-21-18(25-16)22-17(23)13(10-20)9-15-2-1-7-24-15/h1-7,9,11H,8H2,(H,21,22,23). The Balaban J connectivity index is 1.67. The second-order valence-corrected chi connectivity index (χ2v) is 7.61. The first-order valence-corrected chi connectivity index (χ1v) is 9.37. The zero-order valence-corrected chi connectivity index (χ0v) is 15.3. The van der Waals surface area contributed by atoms with Crippen molar-refractivity contribution in [2.24, 2.45) is 0 Å². The van der Waals surface area contributed by atoms with Crippen LogP contribution in [0.4, 0.5) is 5.13 Å². The lowest BCUT2D eigenvalue weighted by Crippen LogP contribution is -2.13. The second-order valence-electron chi connectivity index (χ2n) is 5.07. The van der Waals surface area contributed by atoms with Gasteiger partial charge in [0.05, 0.1) is 0 Å². The van der Waals surface area contributed by atoms with E-state index in [9.17, 15) is 10.1 Å². The molecule has 0 aliphatic rings. The molecule has 4 nitrogen and oxygen atoms in total. The Bertz CT molecular complexity index is 938. The molecule has 1 aromatic carbocycles. The molecule has 0 saturated heterocycles. The van der Waals surface area contributed by atoms with Gasteiger partial charge in [-0.15, -0.1) is 22.7 Å². The number of rotatable bonds is 5. The molecular weight excluding hydrogens is 374 g/mol. The maximum atomic E-state index is 12.2. The summed E-state index contributed by atoms with van der Waals surface area (Å²) in [5, 5.41) is 14.9. The van der Waals surface area contributed by atoms with Crippen molar-refractivity contribution in [3.05, 3.63) is 73.9 Å². The lowest BCUT2D eigenvalue weighted by atomic mass is 10.1. The number of nitriles is 1. The summed E-state index contributed by atoms with van der Waals surface area (Å²) in [5.41, 5.74) is 1.16. The number of carbonyl (C=O) groups excluding carboxylic acids is 1. The molecule has 0 spiro atoms. The minimum atomic E-state index is -0.455. The van der Waals surface area contributed by atoms with Crippen molar-refractivity contribution >= 4 is 51.4 Å². The van der Waals surface area contributed by atoms with E-state index >= 15 is 0 Å². The van der Waals surface area contributed by atoms with Gasteiger partial charge in [-0.25, -0.2) is 4.98 Å². The fourth-order valence-electron chi connectivity index (χ4n) is 2.08. The molecule has 1 N–H and O–H groups in total. The van der Waals surface area contributed by atoms with E-state index in [1.165, 1.54) is 22.7 Å². The largest absolute Gasteiger partial charge is 0.297 e. The molecular formula is C18H12ClN3OS2. The molecule has 25 heavy (non-hydrogen) atoms. The molecule has 2 aromatic heterocycles. The molecule has 2 heterocycles. The number of amides is 1. The van der Waals surface area contributed by atoms with Crippen LogP contribution in [-0.2, 0) is 11.2 Å². The van der Waals surface area contributed by atoms with Gasteiger partial charge in [-0.1, -0.05) is 29.8 Å². The lowest BCUT2D eigenvalue weighted by Gasteiger charge is -2.00. The van der Waals surface area contributed by atoms with Crippen molar-refractivity contribution in [1.29, 1.82) is 5.26 Å². The van der Waals surface area contributed by atoms with Gasteiger partial charge in [0.15, 0.2) is 5.13 Å². The van der Waals surface area contributed by atoms with Gasteiger partial charge in [0.25, 0.3) is 5.91 Å². The van der Waals surface area contributed by atoms with Crippen LogP contribution in [-0.4, -0.2) is 10.9 Å². The highest BCUT2D eigenvalue weighted by molar-refractivity contribution is 7.15. The maximum absolute atomic E-state index is 12.2. The van der Waals surface area contributed by atoms with E-state index in [1.807, 2.05) is 47.8 Å². The van der Waals surface area contributed by atoms with Gasteiger partial charge in [0, 0.05) is 27.4 Å². The van der Waals surface area contributed by atoms with Crippen molar-refractivity contribution in [3.8, 4) is 6.07 Å². The summed E-state index contributed by atoms with van der Waals surface area (Å²) in [6.07, 6.45) is 4.01. The number of thiazole rings is 1. The topological polar surface area (TPSA) is 65.8 Å². The summed E-state index contributed by atoms with van der Waals surface area (Å²) in [7, 11) is 0. The Kier molecular flexibility index (Phi) is 5.61. The van der Waals surface area contributed by atoms with Gasteiger partial charge in [-0.2, -0.15) is 5.26 Å². The maximum Gasteiger partial charge on any atom is 0.268 e. The Morgan fingerprint density at radius 1 is 1.32 bits per heavy atom. The first-order valence-electron chi connectivity index (χ1n) is 7.30. The second kappa shape index (κ2) is 8.08. The van der Waals surface area contributed by atoms with Crippen LogP contribution in [0.2, 0.25) is 5.02 Å². The quantitative estimate of drug-likeness (QED) is 0.496. The Hall–Kier alpha value is -2.46. The van der Waals surface area contributed by atoms with Crippen LogP contribution in [0.5, 0.6) is 0 Å². The number of hydrogen-bond acceptors (Lipinski definition) is 5. The predicted octanol–water partition coefficient (Wildman–Crippen LogP) is 4.99. The van der Waals surface area contributed by atoms with Crippen LogP contribution in [0.15, 0.2) is 53.5 Å². The van der Waals surface area contributed by atoms with Gasteiger partial charge in [-0.05, 0) is 35.2 Å². The third kappa shape index (κ3) is 4.77. The molecule has 0 atom stereocenters. The number of nitrogens with zero attached hydrogens (tertiary/aromatic N) is 2. The van der Waals surface area contributed by atoms with Gasteiger partial charge >= 0.3 is 0 Å². The van der Waals surface area contributed by atoms with E-state index in [-0.39, 0.29) is 5.57 Å². The summed E-state index contributed by atoms with van der Waals surface area (Å²) in [6, 6.07) is 13.2. The van der Waals surface area contributed by atoms with Gasteiger partial charge in [0.1, 0.15) is 11.6 Å². The molecule has 0 unspecified atom stereocenters. The monoisotopic (exact) mass is 385 g/mol. The van der Waals surface area contributed by atoms with E-state index < -0.39 is 5.91 Å². The first-order chi connectivity index (χ1) is 12.1. The Labute approximate surface area is 158 Å². The van der Waals surface area contributed by atoms with Crippen LogP contribution in [0.3, 0.4) is 0 Å². The molecule has 0 radical (unpaired) electrons. The SMILES string of the molecule is N#CC(=Cc1cccs1)C(=O)Nc1ncc(Cc2ccc(Cl)cc2)s1. The zero-order chi connectivity index (χ0) is 17.6. The summed E-state index contributed by atoms with van der Waals surface area (Å²) < 4.78 is 0. The Morgan fingerprint density at radius 3 is 2.80 bits per heavy atom. The fraction of sp³-hybridized carbons (Fsp3) is 0.0556. The molecule has 1 amide bonds. The highest BCUT2D eigenvalue weighted by Gasteiger charge is 2.12. The van der Waals surface area contributed by atoms with Crippen LogP contribution in [0, 0.1) is 11.3 Å². The molecule has 0 aliphatic heterocycles. The fourth-order valence-corrected chi connectivity index (χ4v) is 3.70. The van der Waals surface area contributed by atoms with Crippen LogP contribution < -0.4 is 5.32 Å². The average molecular weight is 386 g/mol. The van der Waals surface area contributed by atoms with Crippen molar-refractivity contribution in [2.75, 3.05) is 5.32 Å². The number of thiophene rings is 1. The smallest absolute Gasteiger partial charge is 0.268 e. The first kappa shape index (κ1) is 17.4. The number of carbonyl (C=O) groups is 1. The summed E-state index contributed by atoms with van der Waals surface area (Å²) in [5.74, 6) is -0.455. The number of hydrogen-bond donors (Lipinski definition) is 1. The van der Waals surface area contributed by atoms with Gasteiger partial charge < -0.3 is 0 Å². The summed E-state index contributed by atoms with van der Waals surface area (Å²) in [4.78, 5) is 18.3. The molecule has 7 heteroatoms. The minimum absolute atomic E-state index is 0.0527. The van der Waals surface area contributed by atoms with E-state index in [2.05, 4.69) is 10.3 Å². The van der Waals surface area contributed by atoms with E-state index in [4.69, 9.17) is 11.6 Å². The third-order valence-corrected chi connectivity index (χ3v) is 5.24. The highest BCUT2D eigenvalue weighted by atomic mass is 35.5. The highest BCUT2D eigenvalue weighted by Crippen LogP contribution is 2.23. The minimum Gasteiger partial charge on any atom is -0.297 e. The van der Waals surface area contributed by atoms with Crippen molar-refractivity contribution in [2.45, 2.75) is 6.42 Å². The number of halogens is 1. The molecule has 3 aromatic rings.